The zero-order valence-corrected chi connectivity index (χ0v) is 12.5. The first-order chi connectivity index (χ1) is 10.5. The molecule has 1 atom stereocenters. The lowest BCUT2D eigenvalue weighted by Crippen LogP contribution is -2.43. The van der Waals surface area contributed by atoms with E-state index in [0.717, 1.165) is 5.56 Å². The SMILES string of the molecule is CCC1(c2ccccc2)NC(=O)N(CCCCC(=O)O)C1=O. The lowest BCUT2D eigenvalue weighted by Gasteiger charge is -2.25. The molecule has 1 fully saturated rings. The summed E-state index contributed by atoms with van der Waals surface area (Å²) in [6.07, 6.45) is 1.44. The minimum Gasteiger partial charge on any atom is -0.481 e. The Bertz CT molecular complexity index is 573. The second kappa shape index (κ2) is 6.60. The lowest BCUT2D eigenvalue weighted by atomic mass is 9.87. The van der Waals surface area contributed by atoms with Crippen molar-refractivity contribution in [3.05, 3.63) is 35.9 Å². The molecule has 0 aliphatic carbocycles. The standard InChI is InChI=1S/C16H20N2O4/c1-2-16(12-8-4-3-5-9-12)14(21)18(15(22)17-16)11-7-6-10-13(19)20/h3-5,8-9H,2,6-7,10-11H2,1H3,(H,17,22)(H,19,20). The molecular formula is C16H20N2O4. The quantitative estimate of drug-likeness (QED) is 0.596. The molecule has 1 aliphatic heterocycles. The summed E-state index contributed by atoms with van der Waals surface area (Å²) in [6, 6.07) is 8.78. The Balaban J connectivity index is 2.11. The second-order valence-electron chi connectivity index (χ2n) is 5.36. The number of nitrogens with zero attached hydrogens (tertiary/aromatic N) is 1. The summed E-state index contributed by atoms with van der Waals surface area (Å²) in [5.41, 5.74) is -0.241. The molecule has 1 aromatic carbocycles. The van der Waals surface area contributed by atoms with E-state index in [4.69, 9.17) is 5.11 Å². The smallest absolute Gasteiger partial charge is 0.325 e. The maximum absolute atomic E-state index is 12.7. The van der Waals surface area contributed by atoms with Gasteiger partial charge in [0.25, 0.3) is 5.91 Å². The van der Waals surface area contributed by atoms with Gasteiger partial charge in [-0.2, -0.15) is 0 Å². The molecule has 2 rings (SSSR count). The van der Waals surface area contributed by atoms with Gasteiger partial charge in [-0.15, -0.1) is 0 Å². The minimum absolute atomic E-state index is 0.0429. The molecular weight excluding hydrogens is 284 g/mol. The van der Waals surface area contributed by atoms with Crippen molar-refractivity contribution < 1.29 is 19.5 Å². The van der Waals surface area contributed by atoms with E-state index in [9.17, 15) is 14.4 Å². The zero-order chi connectivity index (χ0) is 16.2. The third-order valence-corrected chi connectivity index (χ3v) is 3.99. The third kappa shape index (κ3) is 2.95. The molecule has 2 N–H and O–H groups in total. The van der Waals surface area contributed by atoms with Crippen LogP contribution in [0.5, 0.6) is 0 Å². The molecule has 6 nitrogen and oxygen atoms in total. The van der Waals surface area contributed by atoms with E-state index in [1.807, 2.05) is 37.3 Å². The van der Waals surface area contributed by atoms with Crippen LogP contribution in [-0.2, 0) is 15.1 Å². The molecule has 3 amide bonds. The number of rotatable bonds is 7. The number of nitrogens with one attached hydrogen (secondary N) is 1. The highest BCUT2D eigenvalue weighted by molar-refractivity contribution is 6.07. The fourth-order valence-corrected chi connectivity index (χ4v) is 2.74. The molecule has 0 spiro atoms. The molecule has 0 aromatic heterocycles. The number of carbonyl (C=O) groups is 3. The lowest BCUT2D eigenvalue weighted by molar-refractivity contribution is -0.137. The van der Waals surface area contributed by atoms with Crippen LogP contribution < -0.4 is 5.32 Å². The number of urea groups is 1. The van der Waals surface area contributed by atoms with Crippen LogP contribution in [0, 0.1) is 0 Å². The Morgan fingerprint density at radius 2 is 1.91 bits per heavy atom. The summed E-state index contributed by atoms with van der Waals surface area (Å²) in [5, 5.41) is 11.4. The largest absolute Gasteiger partial charge is 0.481 e. The Morgan fingerprint density at radius 1 is 1.23 bits per heavy atom. The topological polar surface area (TPSA) is 86.7 Å². The van der Waals surface area contributed by atoms with E-state index < -0.39 is 17.5 Å². The number of amides is 3. The van der Waals surface area contributed by atoms with Crippen LogP contribution in [0.15, 0.2) is 30.3 Å². The number of aliphatic carboxylic acids is 1. The molecule has 1 aromatic rings. The van der Waals surface area contributed by atoms with E-state index in [0.29, 0.717) is 19.3 Å². The van der Waals surface area contributed by atoms with Crippen molar-refractivity contribution in [2.24, 2.45) is 0 Å². The fourth-order valence-electron chi connectivity index (χ4n) is 2.74. The van der Waals surface area contributed by atoms with Gasteiger partial charge < -0.3 is 10.4 Å². The number of benzene rings is 1. The van der Waals surface area contributed by atoms with Crippen LogP contribution in [0.3, 0.4) is 0 Å². The van der Waals surface area contributed by atoms with Crippen molar-refractivity contribution in [1.29, 1.82) is 0 Å². The summed E-state index contributed by atoms with van der Waals surface area (Å²) in [4.78, 5) is 36.6. The summed E-state index contributed by atoms with van der Waals surface area (Å²) < 4.78 is 0. The minimum atomic E-state index is -1.01. The van der Waals surface area contributed by atoms with Crippen molar-refractivity contribution in [1.82, 2.24) is 10.2 Å². The first-order valence-electron chi connectivity index (χ1n) is 7.42. The van der Waals surface area contributed by atoms with E-state index in [1.54, 1.807) is 0 Å². The number of carboxylic acids is 1. The van der Waals surface area contributed by atoms with Crippen molar-refractivity contribution in [2.75, 3.05) is 6.54 Å². The average Bonchev–Trinajstić information content (AvgIpc) is 2.76. The van der Waals surface area contributed by atoms with Crippen molar-refractivity contribution >= 4 is 17.9 Å². The van der Waals surface area contributed by atoms with Gasteiger partial charge in [0.2, 0.25) is 0 Å². The molecule has 1 saturated heterocycles. The van der Waals surface area contributed by atoms with Gasteiger partial charge in [-0.25, -0.2) is 4.79 Å². The second-order valence-corrected chi connectivity index (χ2v) is 5.36. The first-order valence-corrected chi connectivity index (χ1v) is 7.42. The Hall–Kier alpha value is -2.37. The molecule has 6 heteroatoms. The molecule has 118 valence electrons. The first kappa shape index (κ1) is 16.0. The predicted octanol–water partition coefficient (Wildman–Crippen LogP) is 2.10. The number of imide groups is 1. The van der Waals surface area contributed by atoms with Crippen molar-refractivity contribution in [2.45, 2.75) is 38.1 Å². The van der Waals surface area contributed by atoms with Crippen LogP contribution in [0.25, 0.3) is 0 Å². The van der Waals surface area contributed by atoms with Gasteiger partial charge in [0, 0.05) is 13.0 Å². The van der Waals surface area contributed by atoms with Gasteiger partial charge in [-0.3, -0.25) is 14.5 Å². The number of hydrogen-bond acceptors (Lipinski definition) is 3. The summed E-state index contributed by atoms with van der Waals surface area (Å²) >= 11 is 0. The predicted molar refractivity (Wildman–Crippen MR) is 80.1 cm³/mol. The van der Waals surface area contributed by atoms with Crippen LogP contribution in [0.2, 0.25) is 0 Å². The van der Waals surface area contributed by atoms with Gasteiger partial charge >= 0.3 is 12.0 Å². The van der Waals surface area contributed by atoms with E-state index >= 15 is 0 Å². The number of carbonyl (C=O) groups excluding carboxylic acids is 2. The highest BCUT2D eigenvalue weighted by atomic mass is 16.4. The Kier molecular flexibility index (Phi) is 4.80. The van der Waals surface area contributed by atoms with Crippen LogP contribution in [0.1, 0.15) is 38.2 Å². The summed E-state index contributed by atoms with van der Waals surface area (Å²) in [6.45, 7) is 2.10. The maximum atomic E-state index is 12.7. The monoisotopic (exact) mass is 304 g/mol. The Morgan fingerprint density at radius 3 is 2.50 bits per heavy atom. The van der Waals surface area contributed by atoms with Gasteiger partial charge in [0.1, 0.15) is 5.54 Å². The van der Waals surface area contributed by atoms with Gasteiger partial charge in [0.05, 0.1) is 0 Å². The highest BCUT2D eigenvalue weighted by Crippen LogP contribution is 2.32. The van der Waals surface area contributed by atoms with Gasteiger partial charge in [-0.05, 0) is 24.8 Å². The molecule has 1 aliphatic rings. The van der Waals surface area contributed by atoms with Crippen molar-refractivity contribution in [3.8, 4) is 0 Å². The van der Waals surface area contributed by atoms with E-state index in [2.05, 4.69) is 5.32 Å². The van der Waals surface area contributed by atoms with Crippen LogP contribution in [-0.4, -0.2) is 34.5 Å². The molecule has 0 saturated carbocycles. The highest BCUT2D eigenvalue weighted by Gasteiger charge is 2.50. The summed E-state index contributed by atoms with van der Waals surface area (Å²) in [5.74, 6) is -1.13. The van der Waals surface area contributed by atoms with Crippen LogP contribution in [0.4, 0.5) is 4.79 Å². The van der Waals surface area contributed by atoms with E-state index in [-0.39, 0.29) is 18.9 Å². The zero-order valence-electron chi connectivity index (χ0n) is 12.5. The number of unbranched alkanes of at least 4 members (excludes halogenated alkanes) is 1. The number of carboxylic acid groups (broad SMARTS) is 1. The molecule has 1 unspecified atom stereocenters. The molecule has 22 heavy (non-hydrogen) atoms. The third-order valence-electron chi connectivity index (χ3n) is 3.99. The maximum Gasteiger partial charge on any atom is 0.325 e. The van der Waals surface area contributed by atoms with E-state index in [1.165, 1.54) is 4.90 Å². The number of hydrogen-bond donors (Lipinski definition) is 2. The fraction of sp³-hybridized carbons (Fsp3) is 0.438. The molecule has 1 heterocycles. The summed E-state index contributed by atoms with van der Waals surface area (Å²) in [7, 11) is 0. The van der Waals surface area contributed by atoms with Crippen LogP contribution >= 0.6 is 0 Å². The Labute approximate surface area is 129 Å². The average molecular weight is 304 g/mol. The van der Waals surface area contributed by atoms with Gasteiger partial charge in [-0.1, -0.05) is 37.3 Å². The van der Waals surface area contributed by atoms with Gasteiger partial charge in [0.15, 0.2) is 0 Å². The van der Waals surface area contributed by atoms with Crippen molar-refractivity contribution in [3.63, 3.8) is 0 Å². The molecule has 0 radical (unpaired) electrons. The normalized spacial score (nSPS) is 21.0. The molecule has 0 bridgehead atoms.